The van der Waals surface area contributed by atoms with Crippen LogP contribution in [0.3, 0.4) is 0 Å². The normalized spacial score (nSPS) is 17.7. The third-order valence-corrected chi connectivity index (χ3v) is 3.72. The Hall–Kier alpha value is -1.86. The van der Waals surface area contributed by atoms with Crippen molar-refractivity contribution >= 4 is 28.9 Å². The number of nitro groups is 1. The summed E-state index contributed by atoms with van der Waals surface area (Å²) in [4.78, 5) is 24.1. The third kappa shape index (κ3) is 3.43. The lowest BCUT2D eigenvalue weighted by Crippen LogP contribution is -2.34. The van der Waals surface area contributed by atoms with Gasteiger partial charge in [-0.15, -0.1) is 0 Å². The number of nitrogens with zero attached hydrogens (tertiary/aromatic N) is 2. The van der Waals surface area contributed by atoms with Gasteiger partial charge in [0.1, 0.15) is 0 Å². The van der Waals surface area contributed by atoms with Gasteiger partial charge in [-0.25, -0.2) is 0 Å². The lowest BCUT2D eigenvalue weighted by molar-refractivity contribution is -0.384. The van der Waals surface area contributed by atoms with Crippen LogP contribution in [0, 0.1) is 10.1 Å². The molecule has 8 heteroatoms. The second-order valence-electron chi connectivity index (χ2n) is 4.97. The Kier molecular flexibility index (Phi) is 4.64. The van der Waals surface area contributed by atoms with E-state index in [-0.39, 0.29) is 28.1 Å². The zero-order valence-corrected chi connectivity index (χ0v) is 12.3. The van der Waals surface area contributed by atoms with Crippen LogP contribution in [0.25, 0.3) is 0 Å². The minimum atomic E-state index is -0.609. The highest BCUT2D eigenvalue weighted by Gasteiger charge is 2.24. The second kappa shape index (κ2) is 6.28. The average Bonchev–Trinajstić information content (AvgIpc) is 2.93. The number of nitro benzene ring substituents is 1. The number of halogens is 1. The van der Waals surface area contributed by atoms with Crippen molar-refractivity contribution in [3.63, 3.8) is 0 Å². The van der Waals surface area contributed by atoms with E-state index in [1.54, 1.807) is 7.05 Å². The Balaban J connectivity index is 2.22. The molecule has 2 rings (SSSR count). The van der Waals surface area contributed by atoms with Crippen molar-refractivity contribution < 1.29 is 14.5 Å². The first-order chi connectivity index (χ1) is 9.90. The maximum absolute atomic E-state index is 12.4. The number of rotatable bonds is 4. The summed E-state index contributed by atoms with van der Waals surface area (Å²) >= 11 is 5.86. The van der Waals surface area contributed by atoms with Crippen LogP contribution in [0.15, 0.2) is 12.1 Å². The maximum atomic E-state index is 12.4. The number of non-ortho nitro benzene ring substituents is 1. The maximum Gasteiger partial charge on any atom is 0.271 e. The van der Waals surface area contributed by atoms with Crippen molar-refractivity contribution in [2.45, 2.75) is 18.9 Å². The summed E-state index contributed by atoms with van der Waals surface area (Å²) < 4.78 is 5.47. The topological polar surface area (TPSA) is 98.7 Å². The van der Waals surface area contributed by atoms with E-state index in [4.69, 9.17) is 22.1 Å². The van der Waals surface area contributed by atoms with Gasteiger partial charge in [-0.1, -0.05) is 11.6 Å². The SMILES string of the molecule is CN(CC1CCCO1)C(=O)c1cc([N+](=O)[O-])cc(Cl)c1N. The molecule has 0 aromatic heterocycles. The summed E-state index contributed by atoms with van der Waals surface area (Å²) in [5.74, 6) is -0.409. The van der Waals surface area contributed by atoms with Crippen LogP contribution in [0.2, 0.25) is 5.02 Å². The van der Waals surface area contributed by atoms with Crippen molar-refractivity contribution in [2.24, 2.45) is 0 Å². The van der Waals surface area contributed by atoms with Crippen molar-refractivity contribution in [3.8, 4) is 0 Å². The van der Waals surface area contributed by atoms with Crippen LogP contribution >= 0.6 is 11.6 Å². The highest BCUT2D eigenvalue weighted by Crippen LogP contribution is 2.29. The predicted molar refractivity (Wildman–Crippen MR) is 78.5 cm³/mol. The molecule has 0 aliphatic carbocycles. The van der Waals surface area contributed by atoms with Gasteiger partial charge in [0.05, 0.1) is 27.3 Å². The first kappa shape index (κ1) is 15.5. The molecule has 1 aromatic rings. The molecule has 1 aliphatic heterocycles. The van der Waals surface area contributed by atoms with E-state index >= 15 is 0 Å². The minimum absolute atomic E-state index is 0.00179. The number of carbonyl (C=O) groups excluding carboxylic acids is 1. The molecule has 114 valence electrons. The number of hydrogen-bond donors (Lipinski definition) is 1. The van der Waals surface area contributed by atoms with Gasteiger partial charge in [-0.3, -0.25) is 14.9 Å². The number of likely N-dealkylation sites (N-methyl/N-ethyl adjacent to an activating group) is 1. The number of carbonyl (C=O) groups is 1. The molecule has 0 spiro atoms. The van der Waals surface area contributed by atoms with Crippen LogP contribution in [0.1, 0.15) is 23.2 Å². The molecule has 21 heavy (non-hydrogen) atoms. The number of amides is 1. The molecular formula is C13H16ClN3O4. The minimum Gasteiger partial charge on any atom is -0.397 e. The van der Waals surface area contributed by atoms with E-state index in [2.05, 4.69) is 0 Å². The summed E-state index contributed by atoms with van der Waals surface area (Å²) in [5.41, 5.74) is 5.59. The quantitative estimate of drug-likeness (QED) is 0.521. The van der Waals surface area contributed by atoms with Gasteiger partial charge < -0.3 is 15.4 Å². The molecule has 1 aliphatic rings. The van der Waals surface area contributed by atoms with Gasteiger partial charge in [0.15, 0.2) is 0 Å². The molecule has 0 bridgehead atoms. The largest absolute Gasteiger partial charge is 0.397 e. The Morgan fingerprint density at radius 1 is 1.62 bits per heavy atom. The van der Waals surface area contributed by atoms with E-state index in [9.17, 15) is 14.9 Å². The number of ether oxygens (including phenoxy) is 1. The van der Waals surface area contributed by atoms with Gasteiger partial charge in [0.25, 0.3) is 11.6 Å². The fourth-order valence-corrected chi connectivity index (χ4v) is 2.48. The molecule has 1 heterocycles. The van der Waals surface area contributed by atoms with Gasteiger partial charge in [-0.05, 0) is 12.8 Å². The van der Waals surface area contributed by atoms with Crippen LogP contribution in [0.5, 0.6) is 0 Å². The number of benzene rings is 1. The highest BCUT2D eigenvalue weighted by atomic mass is 35.5. The molecule has 0 radical (unpaired) electrons. The smallest absolute Gasteiger partial charge is 0.271 e. The van der Waals surface area contributed by atoms with E-state index in [0.29, 0.717) is 13.2 Å². The zero-order chi connectivity index (χ0) is 15.6. The Morgan fingerprint density at radius 2 is 2.33 bits per heavy atom. The van der Waals surface area contributed by atoms with Crippen molar-refractivity contribution in [3.05, 3.63) is 32.8 Å². The van der Waals surface area contributed by atoms with Gasteiger partial charge in [0.2, 0.25) is 0 Å². The molecule has 0 saturated carbocycles. The summed E-state index contributed by atoms with van der Waals surface area (Å²) in [6.45, 7) is 1.11. The zero-order valence-electron chi connectivity index (χ0n) is 11.5. The lowest BCUT2D eigenvalue weighted by atomic mass is 10.1. The van der Waals surface area contributed by atoms with E-state index < -0.39 is 10.8 Å². The molecule has 1 atom stereocenters. The molecular weight excluding hydrogens is 298 g/mol. The number of hydrogen-bond acceptors (Lipinski definition) is 5. The van der Waals surface area contributed by atoms with Gasteiger partial charge in [-0.2, -0.15) is 0 Å². The molecule has 1 fully saturated rings. The molecule has 7 nitrogen and oxygen atoms in total. The monoisotopic (exact) mass is 313 g/mol. The molecule has 2 N–H and O–H groups in total. The Morgan fingerprint density at radius 3 is 2.90 bits per heavy atom. The van der Waals surface area contributed by atoms with E-state index in [1.807, 2.05) is 0 Å². The first-order valence-corrected chi connectivity index (χ1v) is 6.88. The second-order valence-corrected chi connectivity index (χ2v) is 5.37. The van der Waals surface area contributed by atoms with Crippen LogP contribution in [-0.4, -0.2) is 42.0 Å². The molecule has 1 aromatic carbocycles. The Bertz CT molecular complexity index is 573. The lowest BCUT2D eigenvalue weighted by Gasteiger charge is -2.21. The summed E-state index contributed by atoms with van der Waals surface area (Å²) in [7, 11) is 1.61. The first-order valence-electron chi connectivity index (χ1n) is 6.50. The summed E-state index contributed by atoms with van der Waals surface area (Å²) in [6, 6.07) is 2.28. The predicted octanol–water partition coefficient (Wildman–Crippen LogP) is 2.08. The highest BCUT2D eigenvalue weighted by molar-refractivity contribution is 6.34. The fourth-order valence-electron chi connectivity index (χ4n) is 2.27. The number of nitrogen functional groups attached to an aromatic ring is 1. The van der Waals surface area contributed by atoms with Crippen molar-refractivity contribution in [2.75, 3.05) is 25.9 Å². The van der Waals surface area contributed by atoms with E-state index in [0.717, 1.165) is 25.0 Å². The molecule has 1 saturated heterocycles. The van der Waals surface area contributed by atoms with Crippen LogP contribution < -0.4 is 5.73 Å². The van der Waals surface area contributed by atoms with Gasteiger partial charge >= 0.3 is 0 Å². The third-order valence-electron chi connectivity index (χ3n) is 3.40. The summed E-state index contributed by atoms with van der Waals surface area (Å²) in [5, 5.41) is 10.8. The molecule has 1 unspecified atom stereocenters. The van der Waals surface area contributed by atoms with Crippen LogP contribution in [-0.2, 0) is 4.74 Å². The fraction of sp³-hybridized carbons (Fsp3) is 0.462. The summed E-state index contributed by atoms with van der Waals surface area (Å²) in [6.07, 6.45) is 1.86. The number of anilines is 1. The van der Waals surface area contributed by atoms with Gasteiger partial charge in [0, 0.05) is 32.3 Å². The van der Waals surface area contributed by atoms with Crippen molar-refractivity contribution in [1.29, 1.82) is 0 Å². The van der Waals surface area contributed by atoms with E-state index in [1.165, 1.54) is 4.90 Å². The average molecular weight is 314 g/mol. The van der Waals surface area contributed by atoms with Crippen molar-refractivity contribution in [1.82, 2.24) is 4.90 Å². The Labute approximate surface area is 126 Å². The standard InChI is InChI=1S/C13H16ClN3O4/c1-16(7-9-3-2-4-21-9)13(18)10-5-8(17(19)20)6-11(14)12(10)15/h5-6,9H,2-4,7,15H2,1H3. The van der Waals surface area contributed by atoms with Crippen LogP contribution in [0.4, 0.5) is 11.4 Å². The molecule has 1 amide bonds. The number of nitrogens with two attached hydrogens (primary N) is 1.